The quantitative estimate of drug-likeness (QED) is 0.747. The highest BCUT2D eigenvalue weighted by Crippen LogP contribution is 2.37. The summed E-state index contributed by atoms with van der Waals surface area (Å²) in [5.41, 5.74) is 0. The van der Waals surface area contributed by atoms with Crippen molar-refractivity contribution in [1.29, 1.82) is 0 Å². The van der Waals surface area contributed by atoms with Crippen LogP contribution in [-0.2, 0) is 9.84 Å². The molecular weight excluding hydrogens is 258 g/mol. The number of hydrogen-bond donors (Lipinski definition) is 1. The number of sulfone groups is 1. The van der Waals surface area contributed by atoms with Crippen LogP contribution in [0.3, 0.4) is 0 Å². The Morgan fingerprint density at radius 2 is 1.84 bits per heavy atom. The first-order valence-electron chi connectivity index (χ1n) is 7.87. The van der Waals surface area contributed by atoms with Crippen molar-refractivity contribution in [1.82, 2.24) is 5.32 Å². The fourth-order valence-electron chi connectivity index (χ4n) is 3.42. The molecule has 114 valence electrons. The minimum atomic E-state index is -2.81. The number of hydrogen-bond acceptors (Lipinski definition) is 3. The van der Waals surface area contributed by atoms with Gasteiger partial charge in [-0.2, -0.15) is 0 Å². The van der Waals surface area contributed by atoms with Crippen LogP contribution >= 0.6 is 0 Å². The van der Waals surface area contributed by atoms with E-state index in [9.17, 15) is 8.42 Å². The Morgan fingerprint density at radius 1 is 1.11 bits per heavy atom. The summed E-state index contributed by atoms with van der Waals surface area (Å²) in [6.45, 7) is 5.23. The molecule has 0 aromatic rings. The lowest BCUT2D eigenvalue weighted by atomic mass is 9.72. The molecule has 0 bridgehead atoms. The molecule has 0 radical (unpaired) electrons. The predicted octanol–water partition coefficient (Wildman–Crippen LogP) is 2.86. The van der Waals surface area contributed by atoms with Gasteiger partial charge in [-0.1, -0.05) is 26.7 Å². The normalized spacial score (nSPS) is 28.5. The highest BCUT2D eigenvalue weighted by atomic mass is 32.2. The Kier molecular flexibility index (Phi) is 7.37. The van der Waals surface area contributed by atoms with Crippen molar-refractivity contribution in [3.63, 3.8) is 0 Å². The van der Waals surface area contributed by atoms with Crippen molar-refractivity contribution in [2.45, 2.75) is 52.4 Å². The van der Waals surface area contributed by atoms with E-state index in [0.717, 1.165) is 25.3 Å². The molecule has 0 aromatic heterocycles. The van der Waals surface area contributed by atoms with Gasteiger partial charge in [0.1, 0.15) is 9.84 Å². The Hall–Kier alpha value is -0.0900. The summed E-state index contributed by atoms with van der Waals surface area (Å²) in [5, 5.41) is 3.27. The Balaban J connectivity index is 2.54. The van der Waals surface area contributed by atoms with E-state index in [1.165, 1.54) is 25.7 Å². The van der Waals surface area contributed by atoms with Gasteiger partial charge in [0.05, 0.1) is 5.75 Å². The molecule has 1 fully saturated rings. The van der Waals surface area contributed by atoms with E-state index >= 15 is 0 Å². The third-order valence-electron chi connectivity index (χ3n) is 4.61. The molecule has 1 aliphatic carbocycles. The maximum absolute atomic E-state index is 11.9. The van der Waals surface area contributed by atoms with E-state index in [1.54, 1.807) is 0 Å². The second-order valence-electron chi connectivity index (χ2n) is 6.11. The summed E-state index contributed by atoms with van der Waals surface area (Å²) in [4.78, 5) is 0. The largest absolute Gasteiger partial charge is 0.319 e. The van der Waals surface area contributed by atoms with Gasteiger partial charge in [0.2, 0.25) is 0 Å². The second kappa shape index (κ2) is 8.25. The topological polar surface area (TPSA) is 46.2 Å². The van der Waals surface area contributed by atoms with Crippen LogP contribution in [0.1, 0.15) is 52.4 Å². The number of nitrogens with one attached hydrogen (secondary N) is 1. The second-order valence-corrected chi connectivity index (χ2v) is 8.41. The standard InChI is InChI=1S/C15H31NO2S/c1-4-9-19(17,18)10-8-14-11-13(5-2)6-7-15(14)12-16-3/h13-16H,4-12H2,1-3H3. The fourth-order valence-corrected chi connectivity index (χ4v) is 4.91. The van der Waals surface area contributed by atoms with Gasteiger partial charge >= 0.3 is 0 Å². The zero-order chi connectivity index (χ0) is 14.3. The highest BCUT2D eigenvalue weighted by molar-refractivity contribution is 7.91. The molecule has 19 heavy (non-hydrogen) atoms. The monoisotopic (exact) mass is 289 g/mol. The van der Waals surface area contributed by atoms with Crippen molar-refractivity contribution in [3.05, 3.63) is 0 Å². The van der Waals surface area contributed by atoms with Crippen LogP contribution in [0.4, 0.5) is 0 Å². The van der Waals surface area contributed by atoms with Crippen LogP contribution in [0.2, 0.25) is 0 Å². The molecule has 0 aromatic carbocycles. The van der Waals surface area contributed by atoms with Crippen LogP contribution in [0.25, 0.3) is 0 Å². The summed E-state index contributed by atoms with van der Waals surface area (Å²) in [7, 11) is -0.817. The van der Waals surface area contributed by atoms with Crippen LogP contribution in [0.5, 0.6) is 0 Å². The molecule has 4 heteroatoms. The maximum Gasteiger partial charge on any atom is 0.150 e. The third-order valence-corrected chi connectivity index (χ3v) is 6.49. The molecule has 3 nitrogen and oxygen atoms in total. The first-order chi connectivity index (χ1) is 9.02. The highest BCUT2D eigenvalue weighted by Gasteiger charge is 2.30. The Labute approximate surface area is 119 Å². The molecule has 0 spiro atoms. The van der Waals surface area contributed by atoms with Gasteiger partial charge in [-0.15, -0.1) is 0 Å². The zero-order valence-electron chi connectivity index (χ0n) is 12.8. The lowest BCUT2D eigenvalue weighted by molar-refractivity contribution is 0.170. The summed E-state index contributed by atoms with van der Waals surface area (Å²) >= 11 is 0. The van der Waals surface area contributed by atoms with Gasteiger partial charge in [0.25, 0.3) is 0 Å². The molecule has 1 saturated carbocycles. The van der Waals surface area contributed by atoms with E-state index in [1.807, 2.05) is 14.0 Å². The average molecular weight is 289 g/mol. The van der Waals surface area contributed by atoms with Gasteiger partial charge in [-0.05, 0) is 57.0 Å². The zero-order valence-corrected chi connectivity index (χ0v) is 13.6. The first-order valence-corrected chi connectivity index (χ1v) is 9.69. The van der Waals surface area contributed by atoms with Crippen LogP contribution in [0.15, 0.2) is 0 Å². The summed E-state index contributed by atoms with van der Waals surface area (Å²) in [5.74, 6) is 2.82. The van der Waals surface area contributed by atoms with E-state index < -0.39 is 9.84 Å². The van der Waals surface area contributed by atoms with Gasteiger partial charge < -0.3 is 5.32 Å². The van der Waals surface area contributed by atoms with Crippen LogP contribution < -0.4 is 5.32 Å². The molecular formula is C15H31NO2S. The molecule has 1 rings (SSSR count). The smallest absolute Gasteiger partial charge is 0.150 e. The molecule has 1 N–H and O–H groups in total. The van der Waals surface area contributed by atoms with Crippen LogP contribution in [0, 0.1) is 17.8 Å². The minimum Gasteiger partial charge on any atom is -0.319 e. The lowest BCUT2D eigenvalue weighted by Crippen LogP contribution is -2.33. The minimum absolute atomic E-state index is 0.355. The Morgan fingerprint density at radius 3 is 2.42 bits per heavy atom. The third kappa shape index (κ3) is 5.82. The van der Waals surface area contributed by atoms with Gasteiger partial charge in [-0.3, -0.25) is 0 Å². The summed E-state index contributed by atoms with van der Waals surface area (Å²) in [6.07, 6.45) is 6.66. The van der Waals surface area contributed by atoms with Crippen molar-refractivity contribution >= 4 is 9.84 Å². The van der Waals surface area contributed by atoms with E-state index in [4.69, 9.17) is 0 Å². The molecule has 0 heterocycles. The van der Waals surface area contributed by atoms with Crippen molar-refractivity contribution in [2.75, 3.05) is 25.1 Å². The van der Waals surface area contributed by atoms with Crippen molar-refractivity contribution in [2.24, 2.45) is 17.8 Å². The van der Waals surface area contributed by atoms with Crippen molar-refractivity contribution in [3.8, 4) is 0 Å². The van der Waals surface area contributed by atoms with E-state index in [2.05, 4.69) is 12.2 Å². The van der Waals surface area contributed by atoms with Crippen molar-refractivity contribution < 1.29 is 8.42 Å². The average Bonchev–Trinajstić information content (AvgIpc) is 2.38. The van der Waals surface area contributed by atoms with E-state index in [0.29, 0.717) is 23.3 Å². The SMILES string of the molecule is CCCS(=O)(=O)CCC1CC(CC)CCC1CNC. The van der Waals surface area contributed by atoms with E-state index in [-0.39, 0.29) is 0 Å². The molecule has 0 amide bonds. The fraction of sp³-hybridized carbons (Fsp3) is 1.00. The molecule has 1 aliphatic rings. The van der Waals surface area contributed by atoms with Gasteiger partial charge in [0, 0.05) is 5.75 Å². The summed E-state index contributed by atoms with van der Waals surface area (Å²) < 4.78 is 23.7. The molecule has 0 saturated heterocycles. The Bertz CT molecular complexity index is 340. The molecule has 3 unspecified atom stereocenters. The number of rotatable bonds is 8. The van der Waals surface area contributed by atoms with Gasteiger partial charge in [0.15, 0.2) is 0 Å². The van der Waals surface area contributed by atoms with Crippen LogP contribution in [-0.4, -0.2) is 33.5 Å². The molecule has 3 atom stereocenters. The maximum atomic E-state index is 11.9. The lowest BCUT2D eigenvalue weighted by Gasteiger charge is -2.36. The predicted molar refractivity (Wildman–Crippen MR) is 82.1 cm³/mol. The first kappa shape index (κ1) is 17.0. The summed E-state index contributed by atoms with van der Waals surface area (Å²) in [6, 6.07) is 0. The van der Waals surface area contributed by atoms with Gasteiger partial charge in [-0.25, -0.2) is 8.42 Å². The molecule has 0 aliphatic heterocycles.